The monoisotopic (exact) mass is 458 g/mol. The molecule has 1 atom stereocenters. The minimum Gasteiger partial charge on any atom is -0.438 e. The summed E-state index contributed by atoms with van der Waals surface area (Å²) in [5.41, 5.74) is 8.72. The first-order valence-electron chi connectivity index (χ1n) is 10.5. The number of hydrogen-bond acceptors (Lipinski definition) is 7. The van der Waals surface area contributed by atoms with Crippen molar-refractivity contribution in [1.29, 1.82) is 0 Å². The quantitative estimate of drug-likeness (QED) is 0.437. The van der Waals surface area contributed by atoms with Crippen LogP contribution in [0, 0.1) is 23.2 Å². The van der Waals surface area contributed by atoms with Crippen LogP contribution in [0.5, 0.6) is 11.6 Å². The SMILES string of the molecule is CC1(C#Cc2cnc3c(c2)C2(CSC(N)=N2)c2cc(-c4cccnc4F)ccc2O3)COC1. The fourth-order valence-corrected chi connectivity index (χ4v) is 5.22. The first-order chi connectivity index (χ1) is 16.0. The van der Waals surface area contributed by atoms with Crippen molar-refractivity contribution in [3.8, 4) is 34.6 Å². The molecule has 164 valence electrons. The molecular formula is C25H19FN4O2S. The number of amidine groups is 1. The summed E-state index contributed by atoms with van der Waals surface area (Å²) >= 11 is 1.48. The zero-order chi connectivity index (χ0) is 22.6. The minimum atomic E-state index is -0.791. The maximum Gasteiger partial charge on any atom is 0.225 e. The summed E-state index contributed by atoms with van der Waals surface area (Å²) in [7, 11) is 0. The van der Waals surface area contributed by atoms with Gasteiger partial charge in [0.2, 0.25) is 11.8 Å². The lowest BCUT2D eigenvalue weighted by molar-refractivity contribution is -0.0648. The number of rotatable bonds is 1. The lowest BCUT2D eigenvalue weighted by Crippen LogP contribution is -2.38. The lowest BCUT2D eigenvalue weighted by atomic mass is 9.81. The van der Waals surface area contributed by atoms with Gasteiger partial charge in [0.1, 0.15) is 11.3 Å². The third-order valence-corrected chi connectivity index (χ3v) is 7.03. The van der Waals surface area contributed by atoms with Crippen LogP contribution in [0.2, 0.25) is 0 Å². The predicted molar refractivity (Wildman–Crippen MR) is 125 cm³/mol. The topological polar surface area (TPSA) is 82.6 Å². The van der Waals surface area contributed by atoms with E-state index in [4.69, 9.17) is 20.2 Å². The van der Waals surface area contributed by atoms with E-state index in [0.29, 0.717) is 46.9 Å². The molecule has 3 aromatic rings. The molecule has 2 aromatic heterocycles. The molecule has 1 unspecified atom stereocenters. The molecule has 2 N–H and O–H groups in total. The molecule has 0 bridgehead atoms. The Labute approximate surface area is 194 Å². The van der Waals surface area contributed by atoms with Crippen LogP contribution in [0.25, 0.3) is 11.1 Å². The third kappa shape index (κ3) is 3.27. The Morgan fingerprint density at radius 1 is 1.15 bits per heavy atom. The molecule has 0 aliphatic carbocycles. The van der Waals surface area contributed by atoms with Crippen LogP contribution < -0.4 is 10.5 Å². The normalized spacial score (nSPS) is 21.7. The second kappa shape index (κ2) is 7.30. The highest BCUT2D eigenvalue weighted by Gasteiger charge is 2.46. The predicted octanol–water partition coefficient (Wildman–Crippen LogP) is 4.08. The van der Waals surface area contributed by atoms with E-state index in [-0.39, 0.29) is 5.41 Å². The number of hydrogen-bond donors (Lipinski definition) is 1. The van der Waals surface area contributed by atoms with Gasteiger partial charge in [0.15, 0.2) is 5.17 Å². The number of halogens is 1. The largest absolute Gasteiger partial charge is 0.438 e. The standard InChI is InChI=1S/C25H19FN4O2S/c1-24(12-31-13-24)7-6-15-9-19-22(29-11-15)32-20-5-4-16(17-3-2-8-28-21(17)26)10-18(20)25(19)14-33-23(27)30-25/h2-5,8-11H,12-14H2,1H3,(H2,27,30). The summed E-state index contributed by atoms with van der Waals surface area (Å²) in [5, 5.41) is 0.488. The fraction of sp³-hybridized carbons (Fsp3) is 0.240. The van der Waals surface area contributed by atoms with Crippen molar-refractivity contribution in [3.05, 3.63) is 71.4 Å². The molecule has 0 radical (unpaired) electrons. The number of ether oxygens (including phenoxy) is 2. The molecule has 3 aliphatic rings. The highest BCUT2D eigenvalue weighted by atomic mass is 32.2. The van der Waals surface area contributed by atoms with Gasteiger partial charge in [-0.2, -0.15) is 4.39 Å². The number of thioether (sulfide) groups is 1. The molecule has 0 amide bonds. The Balaban J connectivity index is 1.50. The molecule has 6 nitrogen and oxygen atoms in total. The summed E-state index contributed by atoms with van der Waals surface area (Å²) in [4.78, 5) is 13.2. The van der Waals surface area contributed by atoms with E-state index in [1.807, 2.05) is 24.3 Å². The molecule has 1 saturated heterocycles. The van der Waals surface area contributed by atoms with Gasteiger partial charge >= 0.3 is 0 Å². The smallest absolute Gasteiger partial charge is 0.225 e. The van der Waals surface area contributed by atoms with Crippen LogP contribution in [-0.2, 0) is 10.3 Å². The number of nitrogens with zero attached hydrogens (tertiary/aromatic N) is 3. The number of nitrogens with two attached hydrogens (primary N) is 1. The maximum atomic E-state index is 14.4. The zero-order valence-electron chi connectivity index (χ0n) is 17.8. The van der Waals surface area contributed by atoms with Crippen molar-refractivity contribution in [2.75, 3.05) is 19.0 Å². The summed E-state index contributed by atoms with van der Waals surface area (Å²) in [6, 6.07) is 10.9. The van der Waals surface area contributed by atoms with Crippen LogP contribution in [0.1, 0.15) is 23.6 Å². The Bertz CT molecular complexity index is 1390. The van der Waals surface area contributed by atoms with Gasteiger partial charge in [-0.15, -0.1) is 0 Å². The number of benzene rings is 1. The van der Waals surface area contributed by atoms with Crippen LogP contribution in [0.15, 0.2) is 53.8 Å². The summed E-state index contributed by atoms with van der Waals surface area (Å²) < 4.78 is 25.9. The van der Waals surface area contributed by atoms with Gasteiger partial charge in [0.25, 0.3) is 0 Å². The van der Waals surface area contributed by atoms with Crippen molar-refractivity contribution >= 4 is 16.9 Å². The van der Waals surface area contributed by atoms with Gasteiger partial charge in [-0.25, -0.2) is 15.0 Å². The minimum absolute atomic E-state index is 0.134. The summed E-state index contributed by atoms with van der Waals surface area (Å²) in [6.07, 6.45) is 3.14. The van der Waals surface area contributed by atoms with Gasteiger partial charge in [-0.05, 0) is 42.8 Å². The van der Waals surface area contributed by atoms with Gasteiger partial charge in [0.05, 0.1) is 18.6 Å². The van der Waals surface area contributed by atoms with E-state index in [1.54, 1.807) is 18.3 Å². The average molecular weight is 459 g/mol. The van der Waals surface area contributed by atoms with Crippen molar-refractivity contribution in [3.63, 3.8) is 0 Å². The highest BCUT2D eigenvalue weighted by molar-refractivity contribution is 8.14. The van der Waals surface area contributed by atoms with E-state index >= 15 is 0 Å². The number of aliphatic imine (C=N–C) groups is 1. The van der Waals surface area contributed by atoms with E-state index in [9.17, 15) is 4.39 Å². The van der Waals surface area contributed by atoms with Crippen LogP contribution in [0.3, 0.4) is 0 Å². The second-order valence-corrected chi connectivity index (χ2v) is 9.63. The highest BCUT2D eigenvalue weighted by Crippen LogP contribution is 2.53. The second-order valence-electron chi connectivity index (χ2n) is 8.63. The van der Waals surface area contributed by atoms with Crippen molar-refractivity contribution < 1.29 is 13.9 Å². The molecule has 8 heteroatoms. The van der Waals surface area contributed by atoms with Crippen LogP contribution in [0.4, 0.5) is 4.39 Å². The van der Waals surface area contributed by atoms with E-state index in [1.165, 1.54) is 18.0 Å². The number of fused-ring (bicyclic) bond motifs is 4. The molecule has 3 aliphatic heterocycles. The molecule has 33 heavy (non-hydrogen) atoms. The Kier molecular flexibility index (Phi) is 4.47. The molecule has 1 spiro atoms. The molecule has 0 saturated carbocycles. The van der Waals surface area contributed by atoms with Gasteiger partial charge in [0, 0.05) is 40.4 Å². The van der Waals surface area contributed by atoms with Crippen LogP contribution in [-0.4, -0.2) is 34.1 Å². The van der Waals surface area contributed by atoms with Crippen molar-refractivity contribution in [2.45, 2.75) is 12.5 Å². The first-order valence-corrected chi connectivity index (χ1v) is 11.5. The van der Waals surface area contributed by atoms with E-state index < -0.39 is 11.5 Å². The Morgan fingerprint density at radius 2 is 2.03 bits per heavy atom. The maximum absolute atomic E-state index is 14.4. The third-order valence-electron chi connectivity index (χ3n) is 6.08. The lowest BCUT2D eigenvalue weighted by Gasteiger charge is -2.34. The van der Waals surface area contributed by atoms with Crippen molar-refractivity contribution in [2.24, 2.45) is 16.1 Å². The van der Waals surface area contributed by atoms with Gasteiger partial charge < -0.3 is 15.2 Å². The van der Waals surface area contributed by atoms with Crippen molar-refractivity contribution in [1.82, 2.24) is 9.97 Å². The number of pyridine rings is 2. The zero-order valence-corrected chi connectivity index (χ0v) is 18.6. The Hall–Kier alpha value is -3.41. The Morgan fingerprint density at radius 3 is 2.76 bits per heavy atom. The molecule has 1 aromatic carbocycles. The number of aromatic nitrogens is 2. The first kappa shape index (κ1) is 20.2. The summed E-state index contributed by atoms with van der Waals surface area (Å²) in [5.74, 6) is 7.69. The average Bonchev–Trinajstić information content (AvgIpc) is 3.19. The van der Waals surface area contributed by atoms with E-state index in [2.05, 4.69) is 28.7 Å². The molecule has 1 fully saturated rings. The molecule has 5 heterocycles. The van der Waals surface area contributed by atoms with E-state index in [0.717, 1.165) is 16.7 Å². The van der Waals surface area contributed by atoms with Gasteiger partial charge in [-0.1, -0.05) is 29.7 Å². The molecule has 6 rings (SSSR count). The van der Waals surface area contributed by atoms with Crippen LogP contribution >= 0.6 is 11.8 Å². The molecular weight excluding hydrogens is 439 g/mol. The summed E-state index contributed by atoms with van der Waals surface area (Å²) in [6.45, 7) is 3.34. The van der Waals surface area contributed by atoms with Gasteiger partial charge in [-0.3, -0.25) is 0 Å². The fourth-order valence-electron chi connectivity index (χ4n) is 4.27.